The molecule has 0 fully saturated rings. The predicted molar refractivity (Wildman–Crippen MR) is 321 cm³/mol. The Morgan fingerprint density at radius 1 is 0.427 bits per heavy atom. The number of phosphoric acid groups is 1. The highest BCUT2D eigenvalue weighted by Gasteiger charge is 2.27. The summed E-state index contributed by atoms with van der Waals surface area (Å²) in [5.74, 6) is -0.793. The van der Waals surface area contributed by atoms with Gasteiger partial charge in [-0.15, -0.1) is 0 Å². The van der Waals surface area contributed by atoms with Gasteiger partial charge in [0, 0.05) is 12.8 Å². The number of esters is 2. The number of quaternary nitrogens is 1. The van der Waals surface area contributed by atoms with E-state index in [0.717, 1.165) is 83.5 Å². The Hall–Kier alpha value is -2.55. The Morgan fingerprint density at radius 2 is 0.760 bits per heavy atom. The summed E-state index contributed by atoms with van der Waals surface area (Å²) in [6.45, 7) is 4.35. The third-order valence-electron chi connectivity index (χ3n) is 13.5. The fraction of sp³-hybridized carbons (Fsp3) is 0.785. The molecule has 0 bridgehead atoms. The molecule has 0 radical (unpaired) electrons. The molecule has 0 aliphatic heterocycles. The number of hydrogen-bond acceptors (Lipinski definition) is 7. The zero-order valence-corrected chi connectivity index (χ0v) is 50.4. The van der Waals surface area contributed by atoms with Crippen LogP contribution < -0.4 is 0 Å². The maximum absolute atomic E-state index is 12.8. The summed E-state index contributed by atoms with van der Waals surface area (Å²) in [4.78, 5) is 35.8. The Balaban J connectivity index is 4.13. The maximum atomic E-state index is 12.8. The number of carbonyl (C=O) groups excluding carboxylic acids is 2. The van der Waals surface area contributed by atoms with E-state index >= 15 is 0 Å². The molecule has 2 unspecified atom stereocenters. The van der Waals surface area contributed by atoms with E-state index in [-0.39, 0.29) is 25.6 Å². The summed E-state index contributed by atoms with van der Waals surface area (Å²) >= 11 is 0. The van der Waals surface area contributed by atoms with Crippen LogP contribution in [0.2, 0.25) is 0 Å². The molecule has 1 N–H and O–H groups in total. The first-order chi connectivity index (χ1) is 36.5. The summed E-state index contributed by atoms with van der Waals surface area (Å²) in [5.41, 5.74) is 0. The summed E-state index contributed by atoms with van der Waals surface area (Å²) in [7, 11) is 1.48. The lowest BCUT2D eigenvalue weighted by molar-refractivity contribution is -0.870. The Kier molecular flexibility index (Phi) is 54.3. The third kappa shape index (κ3) is 60.5. The molecule has 0 aromatic carbocycles. The minimum Gasteiger partial charge on any atom is -0.462 e. The van der Waals surface area contributed by atoms with Gasteiger partial charge in [-0.1, -0.05) is 273 Å². The van der Waals surface area contributed by atoms with Crippen LogP contribution in [0.1, 0.15) is 277 Å². The molecule has 0 aromatic rings. The van der Waals surface area contributed by atoms with Gasteiger partial charge in [0.2, 0.25) is 0 Å². The normalized spacial score (nSPS) is 13.7. The molecule has 0 amide bonds. The van der Waals surface area contributed by atoms with Crippen LogP contribution in [0.15, 0.2) is 72.9 Å². The molecule has 0 heterocycles. The minimum absolute atomic E-state index is 0.0297. The number of hydrogen-bond donors (Lipinski definition) is 1. The summed E-state index contributed by atoms with van der Waals surface area (Å²) in [6, 6.07) is 0. The number of phosphoric ester groups is 1. The van der Waals surface area contributed by atoms with E-state index in [1.54, 1.807) is 0 Å². The molecule has 0 saturated heterocycles. The van der Waals surface area contributed by atoms with E-state index in [2.05, 4.69) is 86.8 Å². The van der Waals surface area contributed by atoms with E-state index in [4.69, 9.17) is 18.5 Å². The van der Waals surface area contributed by atoms with Crippen molar-refractivity contribution in [1.29, 1.82) is 0 Å². The van der Waals surface area contributed by atoms with E-state index in [9.17, 15) is 19.0 Å². The lowest BCUT2D eigenvalue weighted by atomic mass is 10.0. The van der Waals surface area contributed by atoms with Gasteiger partial charge in [-0.3, -0.25) is 18.6 Å². The molecule has 2 atom stereocenters. The highest BCUT2D eigenvalue weighted by Crippen LogP contribution is 2.43. The molecule has 10 heteroatoms. The highest BCUT2D eigenvalue weighted by atomic mass is 31.2. The second-order valence-electron chi connectivity index (χ2n) is 22.1. The van der Waals surface area contributed by atoms with Crippen LogP contribution in [0.4, 0.5) is 0 Å². The van der Waals surface area contributed by atoms with Crippen molar-refractivity contribution in [3.8, 4) is 0 Å². The molecular weight excluding hydrogens is 954 g/mol. The SMILES string of the molecule is CC/C=C\C/C=C\C/C=C\C/C=C\C/C=C\C/C=C\CCCCCCCCCCCCC(=O)OC(COC(=O)CCCCCCCCCCCCCCCCCCCCCCCC)COP(=O)(O)OCC[N+](C)(C)C. The van der Waals surface area contributed by atoms with Crippen LogP contribution in [0, 0.1) is 0 Å². The van der Waals surface area contributed by atoms with Gasteiger partial charge in [0.05, 0.1) is 27.7 Å². The summed E-state index contributed by atoms with van der Waals surface area (Å²) in [5, 5.41) is 0. The molecule has 75 heavy (non-hydrogen) atoms. The van der Waals surface area contributed by atoms with Crippen molar-refractivity contribution in [3.63, 3.8) is 0 Å². The van der Waals surface area contributed by atoms with Gasteiger partial charge in [0.15, 0.2) is 6.10 Å². The van der Waals surface area contributed by atoms with Crippen LogP contribution >= 0.6 is 7.82 Å². The average Bonchev–Trinajstić information content (AvgIpc) is 3.37. The fourth-order valence-corrected chi connectivity index (χ4v) is 9.47. The quantitative estimate of drug-likeness (QED) is 0.0211. The number of ether oxygens (including phenoxy) is 2. The second kappa shape index (κ2) is 56.2. The van der Waals surface area contributed by atoms with Gasteiger partial charge in [-0.05, 0) is 64.2 Å². The second-order valence-corrected chi connectivity index (χ2v) is 23.5. The van der Waals surface area contributed by atoms with Gasteiger partial charge >= 0.3 is 19.8 Å². The molecule has 0 spiro atoms. The van der Waals surface area contributed by atoms with Gasteiger partial charge < -0.3 is 18.9 Å². The number of allylic oxidation sites excluding steroid dienone is 12. The van der Waals surface area contributed by atoms with Crippen molar-refractivity contribution < 1.29 is 42.1 Å². The van der Waals surface area contributed by atoms with Gasteiger partial charge in [0.25, 0.3) is 0 Å². The topological polar surface area (TPSA) is 108 Å². The van der Waals surface area contributed by atoms with Crippen molar-refractivity contribution in [2.45, 2.75) is 283 Å². The minimum atomic E-state index is -4.39. The van der Waals surface area contributed by atoms with Gasteiger partial charge in [-0.2, -0.15) is 0 Å². The maximum Gasteiger partial charge on any atom is 0.472 e. The van der Waals surface area contributed by atoms with E-state index in [1.165, 1.54) is 161 Å². The standard InChI is InChI=1S/C65H118NO8P/c1-6-8-10-12-14-16-18-20-22-24-26-28-30-31-32-33-34-35-36-38-40-42-44-46-48-50-52-54-56-58-65(68)74-63(62-73-75(69,70)72-60-59-66(3,4)5)61-71-64(67)57-55-53-51-49-47-45-43-41-39-37-29-27-25-23-21-19-17-15-13-11-9-7-2/h8,10,14,16,20,22,26,28,31-32,34-35,63H,6-7,9,11-13,15,17-19,21,23-25,27,29-30,33,36-62H2,1-5H3/p+1/b10-8-,16-14-,22-20-,28-26-,32-31-,35-34-. The summed E-state index contributed by atoms with van der Waals surface area (Å²) in [6.07, 6.45) is 74.0. The molecule has 0 saturated carbocycles. The molecule has 0 rings (SSSR count). The van der Waals surface area contributed by atoms with E-state index in [1.807, 2.05) is 21.1 Å². The van der Waals surface area contributed by atoms with Crippen LogP contribution in [0.3, 0.4) is 0 Å². The summed E-state index contributed by atoms with van der Waals surface area (Å²) < 4.78 is 34.6. The molecule has 0 aromatic heterocycles. The molecular formula is C65H119NO8P+. The van der Waals surface area contributed by atoms with Gasteiger partial charge in [0.1, 0.15) is 19.8 Å². The molecule has 9 nitrogen and oxygen atoms in total. The number of rotatable bonds is 57. The van der Waals surface area contributed by atoms with Crippen molar-refractivity contribution in [3.05, 3.63) is 72.9 Å². The van der Waals surface area contributed by atoms with Gasteiger partial charge in [-0.25, -0.2) is 4.57 Å². The smallest absolute Gasteiger partial charge is 0.462 e. The zero-order chi connectivity index (χ0) is 54.9. The number of likely N-dealkylation sites (N-methyl/N-ethyl adjacent to an activating group) is 1. The van der Waals surface area contributed by atoms with Crippen LogP contribution in [0.25, 0.3) is 0 Å². The molecule has 0 aliphatic carbocycles. The average molecular weight is 1070 g/mol. The number of unbranched alkanes of at least 4 members (excludes halogenated alkanes) is 31. The lowest BCUT2D eigenvalue weighted by Gasteiger charge is -2.24. The first-order valence-electron chi connectivity index (χ1n) is 31.2. The predicted octanol–water partition coefficient (Wildman–Crippen LogP) is 19.7. The van der Waals surface area contributed by atoms with Crippen LogP contribution in [-0.2, 0) is 32.7 Å². The van der Waals surface area contributed by atoms with Crippen LogP contribution in [0.5, 0.6) is 0 Å². The largest absolute Gasteiger partial charge is 0.472 e. The Labute approximate surface area is 463 Å². The number of carbonyl (C=O) groups is 2. The molecule has 436 valence electrons. The van der Waals surface area contributed by atoms with E-state index in [0.29, 0.717) is 23.9 Å². The third-order valence-corrected chi connectivity index (χ3v) is 14.5. The highest BCUT2D eigenvalue weighted by molar-refractivity contribution is 7.47. The Bertz CT molecular complexity index is 1500. The monoisotopic (exact) mass is 1070 g/mol. The molecule has 0 aliphatic rings. The fourth-order valence-electron chi connectivity index (χ4n) is 8.73. The lowest BCUT2D eigenvalue weighted by Crippen LogP contribution is -2.37. The van der Waals surface area contributed by atoms with E-state index < -0.39 is 26.5 Å². The van der Waals surface area contributed by atoms with Crippen molar-refractivity contribution in [2.75, 3.05) is 47.5 Å². The first kappa shape index (κ1) is 72.5. The zero-order valence-electron chi connectivity index (χ0n) is 49.5. The van der Waals surface area contributed by atoms with Crippen molar-refractivity contribution in [1.82, 2.24) is 0 Å². The van der Waals surface area contributed by atoms with Crippen LogP contribution in [-0.4, -0.2) is 74.9 Å². The number of nitrogens with zero attached hydrogens (tertiary/aromatic N) is 1. The van der Waals surface area contributed by atoms with Crippen molar-refractivity contribution in [2.24, 2.45) is 0 Å². The Morgan fingerprint density at radius 3 is 1.13 bits per heavy atom. The van der Waals surface area contributed by atoms with Crippen molar-refractivity contribution >= 4 is 19.8 Å². The first-order valence-corrected chi connectivity index (χ1v) is 32.7.